The molecule has 4 rings (SSSR count). The number of rotatable bonds is 10. The van der Waals surface area contributed by atoms with Gasteiger partial charge in [0.15, 0.2) is 0 Å². The molecule has 7 heteroatoms. The molecule has 1 amide bonds. The normalized spacial score (nSPS) is 17.3. The molecule has 1 saturated heterocycles. The molecule has 176 valence electrons. The van der Waals surface area contributed by atoms with Crippen molar-refractivity contribution in [2.24, 2.45) is 0 Å². The Balaban J connectivity index is 1.66. The molecule has 1 atom stereocenters. The van der Waals surface area contributed by atoms with Crippen LogP contribution in [0, 0.1) is 0 Å². The van der Waals surface area contributed by atoms with Crippen LogP contribution < -0.4 is 4.74 Å². The van der Waals surface area contributed by atoms with Gasteiger partial charge in [-0.05, 0) is 48.4 Å². The second kappa shape index (κ2) is 10.8. The van der Waals surface area contributed by atoms with Crippen molar-refractivity contribution in [3.63, 3.8) is 0 Å². The number of carbonyl (C=O) groups excluding carboxylic acids is 2. The van der Waals surface area contributed by atoms with Gasteiger partial charge in [-0.2, -0.15) is 0 Å². The minimum absolute atomic E-state index is 0.0380. The summed E-state index contributed by atoms with van der Waals surface area (Å²) < 4.78 is 11.3. The first-order valence-electron chi connectivity index (χ1n) is 11.5. The number of carbonyl (C=O) groups is 2. The number of aliphatic hydroxyl groups excluding tert-OH is 1. The zero-order valence-corrected chi connectivity index (χ0v) is 19.1. The third-order valence-corrected chi connectivity index (χ3v) is 5.86. The van der Waals surface area contributed by atoms with Crippen LogP contribution in [0.2, 0.25) is 0 Å². The second-order valence-corrected chi connectivity index (χ2v) is 8.22. The fourth-order valence-electron chi connectivity index (χ4n) is 4.09. The molecule has 0 radical (unpaired) electrons. The predicted molar refractivity (Wildman–Crippen MR) is 127 cm³/mol. The zero-order chi connectivity index (χ0) is 23.9. The highest BCUT2D eigenvalue weighted by Crippen LogP contribution is 2.40. The number of unbranched alkanes of at least 4 members (excludes halogenated alkanes) is 3. The van der Waals surface area contributed by atoms with Crippen LogP contribution in [0.25, 0.3) is 5.76 Å². The Morgan fingerprint density at radius 3 is 2.50 bits per heavy atom. The van der Waals surface area contributed by atoms with E-state index < -0.39 is 17.7 Å². The topological polar surface area (TPSA) is 92.9 Å². The molecule has 1 unspecified atom stereocenters. The maximum atomic E-state index is 13.1. The van der Waals surface area contributed by atoms with Crippen LogP contribution in [0.3, 0.4) is 0 Å². The SMILES string of the molecule is CCCCCCOc1ccc(C2/C(=C(\O)c3ccncc3)C(=O)C(=O)N2Cc2ccco2)cc1. The summed E-state index contributed by atoms with van der Waals surface area (Å²) in [6, 6.07) is 13.2. The number of benzene rings is 1. The molecule has 1 aliphatic rings. The van der Waals surface area contributed by atoms with E-state index in [1.165, 1.54) is 36.4 Å². The van der Waals surface area contributed by atoms with Gasteiger partial charge in [0, 0.05) is 18.0 Å². The van der Waals surface area contributed by atoms with Crippen LogP contribution in [0.15, 0.2) is 77.2 Å². The number of furan rings is 1. The van der Waals surface area contributed by atoms with Crippen LogP contribution in [0.1, 0.15) is 55.5 Å². The van der Waals surface area contributed by atoms with Crippen molar-refractivity contribution in [1.82, 2.24) is 9.88 Å². The Bertz CT molecular complexity index is 1140. The maximum Gasteiger partial charge on any atom is 0.296 e. The lowest BCUT2D eigenvalue weighted by atomic mass is 9.95. The summed E-state index contributed by atoms with van der Waals surface area (Å²) in [5, 5.41) is 11.0. The molecule has 0 saturated carbocycles. The van der Waals surface area contributed by atoms with Crippen molar-refractivity contribution in [3.8, 4) is 5.75 Å². The maximum absolute atomic E-state index is 13.1. The lowest BCUT2D eigenvalue weighted by molar-refractivity contribution is -0.140. The summed E-state index contributed by atoms with van der Waals surface area (Å²) in [6.45, 7) is 2.91. The van der Waals surface area contributed by atoms with Gasteiger partial charge < -0.3 is 19.2 Å². The average molecular weight is 461 g/mol. The van der Waals surface area contributed by atoms with Crippen molar-refractivity contribution in [2.75, 3.05) is 6.61 Å². The molecule has 3 heterocycles. The van der Waals surface area contributed by atoms with Crippen molar-refractivity contribution in [2.45, 2.75) is 45.2 Å². The van der Waals surface area contributed by atoms with E-state index in [0.717, 1.165) is 18.6 Å². The van der Waals surface area contributed by atoms with Crippen LogP contribution in [0.4, 0.5) is 0 Å². The van der Waals surface area contributed by atoms with Gasteiger partial charge in [-0.3, -0.25) is 14.6 Å². The van der Waals surface area contributed by atoms with E-state index in [2.05, 4.69) is 11.9 Å². The second-order valence-electron chi connectivity index (χ2n) is 8.22. The molecule has 2 aromatic heterocycles. The monoisotopic (exact) mass is 460 g/mol. The standard InChI is InChI=1S/C27H28N2O5/c1-2-3-4-5-16-33-21-10-8-19(9-11-21)24-23(25(30)20-12-14-28-15-13-20)26(31)27(32)29(24)18-22-7-6-17-34-22/h6-15,17,24,30H,2-5,16,18H2,1H3/b25-23+. The number of Topliss-reactive ketones (excluding diaryl/α,β-unsaturated/α-hetero) is 1. The molecule has 34 heavy (non-hydrogen) atoms. The Hall–Kier alpha value is -3.87. The molecule has 1 aromatic carbocycles. The molecule has 1 N–H and O–H groups in total. The van der Waals surface area contributed by atoms with Crippen molar-refractivity contribution >= 4 is 17.4 Å². The quantitative estimate of drug-likeness (QED) is 0.192. The summed E-state index contributed by atoms with van der Waals surface area (Å²) >= 11 is 0. The van der Waals surface area contributed by atoms with E-state index in [1.54, 1.807) is 24.3 Å². The van der Waals surface area contributed by atoms with E-state index in [4.69, 9.17) is 9.15 Å². The van der Waals surface area contributed by atoms with E-state index >= 15 is 0 Å². The predicted octanol–water partition coefficient (Wildman–Crippen LogP) is 5.26. The Labute approximate surface area is 198 Å². The molecule has 0 aliphatic carbocycles. The van der Waals surface area contributed by atoms with Crippen LogP contribution in [0.5, 0.6) is 5.75 Å². The lowest BCUT2D eigenvalue weighted by Gasteiger charge is -2.24. The molecule has 0 bridgehead atoms. The first kappa shape index (κ1) is 23.3. The smallest absolute Gasteiger partial charge is 0.296 e. The van der Waals surface area contributed by atoms with Gasteiger partial charge in [0.25, 0.3) is 11.7 Å². The highest BCUT2D eigenvalue weighted by molar-refractivity contribution is 6.46. The summed E-state index contributed by atoms with van der Waals surface area (Å²) in [4.78, 5) is 31.4. The van der Waals surface area contributed by atoms with E-state index in [0.29, 0.717) is 23.5 Å². The van der Waals surface area contributed by atoms with Crippen molar-refractivity contribution < 1.29 is 23.8 Å². The fourth-order valence-corrected chi connectivity index (χ4v) is 4.09. The van der Waals surface area contributed by atoms with E-state index in [1.807, 2.05) is 24.3 Å². The van der Waals surface area contributed by atoms with Gasteiger partial charge in [-0.1, -0.05) is 38.3 Å². The number of aliphatic hydroxyl groups is 1. The number of aromatic nitrogens is 1. The highest BCUT2D eigenvalue weighted by Gasteiger charge is 2.46. The zero-order valence-electron chi connectivity index (χ0n) is 19.1. The van der Waals surface area contributed by atoms with Crippen LogP contribution in [-0.2, 0) is 16.1 Å². The first-order valence-corrected chi connectivity index (χ1v) is 11.5. The number of hydrogen-bond donors (Lipinski definition) is 1. The van der Waals surface area contributed by atoms with Gasteiger partial charge in [0.2, 0.25) is 0 Å². The minimum Gasteiger partial charge on any atom is -0.507 e. The molecular formula is C27H28N2O5. The average Bonchev–Trinajstić information content (AvgIpc) is 3.47. The van der Waals surface area contributed by atoms with Gasteiger partial charge in [0.1, 0.15) is 17.3 Å². The highest BCUT2D eigenvalue weighted by atomic mass is 16.5. The summed E-state index contributed by atoms with van der Waals surface area (Å²) in [7, 11) is 0. The molecule has 1 fully saturated rings. The molecular weight excluding hydrogens is 432 g/mol. The lowest BCUT2D eigenvalue weighted by Crippen LogP contribution is -2.29. The van der Waals surface area contributed by atoms with Crippen LogP contribution >= 0.6 is 0 Å². The van der Waals surface area contributed by atoms with Gasteiger partial charge in [-0.25, -0.2) is 0 Å². The van der Waals surface area contributed by atoms with Gasteiger partial charge in [0.05, 0.1) is 31.0 Å². The number of ketones is 1. The minimum atomic E-state index is -0.767. The summed E-state index contributed by atoms with van der Waals surface area (Å²) in [5.74, 6) is -0.389. The summed E-state index contributed by atoms with van der Waals surface area (Å²) in [6.07, 6.45) is 9.05. The number of pyridine rings is 1. The Kier molecular flexibility index (Phi) is 7.42. The third kappa shape index (κ3) is 5.03. The van der Waals surface area contributed by atoms with E-state index in [9.17, 15) is 14.7 Å². The van der Waals surface area contributed by atoms with Crippen molar-refractivity contribution in [3.05, 3.63) is 89.6 Å². The Morgan fingerprint density at radius 2 is 1.82 bits per heavy atom. The number of ether oxygens (including phenoxy) is 1. The van der Waals surface area contributed by atoms with Gasteiger partial charge in [-0.15, -0.1) is 0 Å². The number of hydrogen-bond acceptors (Lipinski definition) is 6. The van der Waals surface area contributed by atoms with Crippen LogP contribution in [-0.4, -0.2) is 33.3 Å². The number of nitrogens with zero attached hydrogens (tertiary/aromatic N) is 2. The molecule has 0 spiro atoms. The molecule has 3 aromatic rings. The molecule has 7 nitrogen and oxygen atoms in total. The number of amides is 1. The van der Waals surface area contributed by atoms with Crippen molar-refractivity contribution in [1.29, 1.82) is 0 Å². The number of likely N-dealkylation sites (tertiary alicyclic amines) is 1. The van der Waals surface area contributed by atoms with Gasteiger partial charge >= 0.3 is 0 Å². The Morgan fingerprint density at radius 1 is 1.06 bits per heavy atom. The fraction of sp³-hybridized carbons (Fsp3) is 0.296. The van der Waals surface area contributed by atoms with E-state index in [-0.39, 0.29) is 17.9 Å². The first-order chi connectivity index (χ1) is 16.6. The molecule has 1 aliphatic heterocycles. The third-order valence-electron chi connectivity index (χ3n) is 5.86. The largest absolute Gasteiger partial charge is 0.507 e. The summed E-state index contributed by atoms with van der Waals surface area (Å²) in [5.41, 5.74) is 1.15.